The minimum absolute atomic E-state index is 0.112. The molecule has 33 heavy (non-hydrogen) atoms. The predicted molar refractivity (Wildman–Crippen MR) is 135 cm³/mol. The molecule has 5 nitrogen and oxygen atoms in total. The first-order valence-corrected chi connectivity index (χ1v) is 12.1. The van der Waals surface area contributed by atoms with Crippen LogP contribution < -0.4 is 10.1 Å². The Kier molecular flexibility index (Phi) is 10.5. The lowest BCUT2D eigenvalue weighted by Crippen LogP contribution is -2.50. The van der Waals surface area contributed by atoms with Crippen LogP contribution in [0.5, 0.6) is 5.75 Å². The predicted octanol–water partition coefficient (Wildman–Crippen LogP) is 6.08. The molecule has 2 aromatic rings. The highest BCUT2D eigenvalue weighted by Gasteiger charge is 2.30. The summed E-state index contributed by atoms with van der Waals surface area (Å²) in [6, 6.07) is 12.2. The van der Waals surface area contributed by atoms with E-state index >= 15 is 0 Å². The van der Waals surface area contributed by atoms with Crippen molar-refractivity contribution in [2.45, 2.75) is 59.5 Å². The molecule has 2 amide bonds. The molecule has 0 aliphatic heterocycles. The lowest BCUT2D eigenvalue weighted by atomic mass is 10.0. The van der Waals surface area contributed by atoms with Crippen LogP contribution >= 0.6 is 23.2 Å². The average Bonchev–Trinajstić information content (AvgIpc) is 2.78. The molecule has 0 aromatic heterocycles. The molecule has 1 N–H and O–H groups in total. The highest BCUT2D eigenvalue weighted by Crippen LogP contribution is 2.27. The van der Waals surface area contributed by atoms with E-state index in [1.807, 2.05) is 45.0 Å². The summed E-state index contributed by atoms with van der Waals surface area (Å²) in [7, 11) is 0. The average molecular weight is 493 g/mol. The van der Waals surface area contributed by atoms with Gasteiger partial charge in [0.25, 0.3) is 5.91 Å². The highest BCUT2D eigenvalue weighted by molar-refractivity contribution is 6.36. The Labute approximate surface area is 207 Å². The third kappa shape index (κ3) is 7.94. The summed E-state index contributed by atoms with van der Waals surface area (Å²) in [6.45, 7) is 10.6. The number of nitrogens with zero attached hydrogens (tertiary/aromatic N) is 1. The number of nitrogens with one attached hydrogen (secondary N) is 1. The van der Waals surface area contributed by atoms with E-state index in [1.54, 1.807) is 18.2 Å². The summed E-state index contributed by atoms with van der Waals surface area (Å²) < 4.78 is 5.77. The zero-order valence-electron chi connectivity index (χ0n) is 20.0. The van der Waals surface area contributed by atoms with Gasteiger partial charge >= 0.3 is 0 Å². The molecule has 180 valence electrons. The van der Waals surface area contributed by atoms with Crippen LogP contribution in [-0.4, -0.2) is 35.9 Å². The fourth-order valence-corrected chi connectivity index (χ4v) is 3.89. The summed E-state index contributed by atoms with van der Waals surface area (Å²) in [5.41, 5.74) is 1.79. The van der Waals surface area contributed by atoms with Crippen molar-refractivity contribution in [3.63, 3.8) is 0 Å². The lowest BCUT2D eigenvalue weighted by Gasteiger charge is -2.31. The van der Waals surface area contributed by atoms with Crippen LogP contribution in [0.15, 0.2) is 42.5 Å². The second-order valence-corrected chi connectivity index (χ2v) is 9.61. The maximum absolute atomic E-state index is 13.3. The molecule has 1 unspecified atom stereocenters. The van der Waals surface area contributed by atoms with Gasteiger partial charge < -0.3 is 15.0 Å². The molecule has 2 rings (SSSR count). The molecule has 0 aliphatic carbocycles. The zero-order valence-corrected chi connectivity index (χ0v) is 21.5. The largest absolute Gasteiger partial charge is 0.484 e. The molecule has 0 radical (unpaired) electrons. The minimum Gasteiger partial charge on any atom is -0.484 e. The van der Waals surface area contributed by atoms with Crippen molar-refractivity contribution in [1.82, 2.24) is 10.2 Å². The second-order valence-electron chi connectivity index (χ2n) is 8.80. The molecule has 1 atom stereocenters. The summed E-state index contributed by atoms with van der Waals surface area (Å²) in [5, 5.41) is 3.83. The summed E-state index contributed by atoms with van der Waals surface area (Å²) in [4.78, 5) is 27.7. The number of carbonyl (C=O) groups excluding carboxylic acids is 2. The van der Waals surface area contributed by atoms with Gasteiger partial charge in [0.1, 0.15) is 11.8 Å². The summed E-state index contributed by atoms with van der Waals surface area (Å²) in [6.07, 6.45) is 0.445. The number of hydrogen-bond donors (Lipinski definition) is 1. The van der Waals surface area contributed by atoms with Gasteiger partial charge in [0.2, 0.25) is 5.91 Å². The fourth-order valence-electron chi connectivity index (χ4n) is 3.37. The Morgan fingerprint density at radius 2 is 1.61 bits per heavy atom. The standard InChI is InChI=1S/C26H34Cl2N2O3/c1-6-24(26(32)29-14-17(2)3)30(15-21-22(27)8-7-9-23(21)28)25(31)16-33-20-12-10-19(11-13-20)18(4)5/h7-13,17-18,24H,6,14-16H2,1-5H3,(H,29,32). The minimum atomic E-state index is -0.671. The Morgan fingerprint density at radius 3 is 2.12 bits per heavy atom. The van der Waals surface area contributed by atoms with E-state index in [0.29, 0.717) is 46.2 Å². The molecule has 2 aromatic carbocycles. The van der Waals surface area contributed by atoms with E-state index in [0.717, 1.165) is 0 Å². The monoisotopic (exact) mass is 492 g/mol. The fraction of sp³-hybridized carbons (Fsp3) is 0.462. The Bertz CT molecular complexity index is 909. The van der Waals surface area contributed by atoms with Crippen molar-refractivity contribution in [3.8, 4) is 5.75 Å². The molecule has 0 bridgehead atoms. The SMILES string of the molecule is CCC(C(=O)NCC(C)C)N(Cc1c(Cl)cccc1Cl)C(=O)COc1ccc(C(C)C)cc1. The van der Waals surface area contributed by atoms with Crippen LogP contribution in [0.1, 0.15) is 58.1 Å². The first kappa shape index (κ1) is 27.0. The van der Waals surface area contributed by atoms with Crippen LogP contribution in [0.25, 0.3) is 0 Å². The highest BCUT2D eigenvalue weighted by atomic mass is 35.5. The van der Waals surface area contributed by atoms with Crippen molar-refractivity contribution in [3.05, 3.63) is 63.6 Å². The Morgan fingerprint density at radius 1 is 1.00 bits per heavy atom. The van der Waals surface area contributed by atoms with Gasteiger partial charge in [-0.25, -0.2) is 0 Å². The van der Waals surface area contributed by atoms with Gasteiger partial charge in [-0.15, -0.1) is 0 Å². The number of halogens is 2. The van der Waals surface area contributed by atoms with Crippen LogP contribution in [0, 0.1) is 5.92 Å². The van der Waals surface area contributed by atoms with E-state index in [9.17, 15) is 9.59 Å². The van der Waals surface area contributed by atoms with Gasteiger partial charge in [0, 0.05) is 28.7 Å². The molecular formula is C26H34Cl2N2O3. The summed E-state index contributed by atoms with van der Waals surface area (Å²) >= 11 is 12.7. The number of carbonyl (C=O) groups is 2. The third-order valence-corrected chi connectivity index (χ3v) is 6.08. The van der Waals surface area contributed by atoms with E-state index in [1.165, 1.54) is 10.5 Å². The molecule has 0 heterocycles. The van der Waals surface area contributed by atoms with Crippen molar-refractivity contribution in [1.29, 1.82) is 0 Å². The van der Waals surface area contributed by atoms with Crippen LogP contribution in [-0.2, 0) is 16.1 Å². The topological polar surface area (TPSA) is 58.6 Å². The molecule has 0 spiro atoms. The first-order valence-electron chi connectivity index (χ1n) is 11.4. The van der Waals surface area contributed by atoms with Gasteiger partial charge in [0.05, 0.1) is 0 Å². The van der Waals surface area contributed by atoms with Crippen molar-refractivity contribution in [2.24, 2.45) is 5.92 Å². The lowest BCUT2D eigenvalue weighted by molar-refractivity contribution is -0.143. The maximum Gasteiger partial charge on any atom is 0.261 e. The zero-order chi connectivity index (χ0) is 24.5. The first-order chi connectivity index (χ1) is 15.6. The van der Waals surface area contributed by atoms with Crippen LogP contribution in [0.4, 0.5) is 0 Å². The molecule has 0 aliphatic rings. The molecule has 0 fully saturated rings. The van der Waals surface area contributed by atoms with Crippen molar-refractivity contribution >= 4 is 35.0 Å². The number of rotatable bonds is 11. The smallest absolute Gasteiger partial charge is 0.261 e. The number of amides is 2. The number of hydrogen-bond acceptors (Lipinski definition) is 3. The van der Waals surface area contributed by atoms with Crippen LogP contribution in [0.3, 0.4) is 0 Å². The molecular weight excluding hydrogens is 459 g/mol. The number of benzene rings is 2. The van der Waals surface area contributed by atoms with Crippen LogP contribution in [0.2, 0.25) is 10.0 Å². The van der Waals surface area contributed by atoms with Gasteiger partial charge in [-0.1, -0.05) is 76.0 Å². The van der Waals surface area contributed by atoms with Crippen molar-refractivity contribution in [2.75, 3.05) is 13.2 Å². The van der Waals surface area contributed by atoms with Gasteiger partial charge in [-0.2, -0.15) is 0 Å². The number of ether oxygens (including phenoxy) is 1. The van der Waals surface area contributed by atoms with Gasteiger partial charge in [-0.05, 0) is 48.1 Å². The molecule has 7 heteroatoms. The van der Waals surface area contributed by atoms with E-state index in [4.69, 9.17) is 27.9 Å². The molecule has 0 saturated carbocycles. The van der Waals surface area contributed by atoms with Gasteiger partial charge in [0.15, 0.2) is 6.61 Å². The van der Waals surface area contributed by atoms with Crippen molar-refractivity contribution < 1.29 is 14.3 Å². The second kappa shape index (κ2) is 12.9. The maximum atomic E-state index is 13.3. The summed E-state index contributed by atoms with van der Waals surface area (Å²) in [5.74, 6) is 0.784. The normalized spacial score (nSPS) is 12.0. The van der Waals surface area contributed by atoms with E-state index < -0.39 is 6.04 Å². The van der Waals surface area contributed by atoms with E-state index in [-0.39, 0.29) is 25.0 Å². The van der Waals surface area contributed by atoms with E-state index in [2.05, 4.69) is 19.2 Å². The Balaban J connectivity index is 2.24. The van der Waals surface area contributed by atoms with Gasteiger partial charge in [-0.3, -0.25) is 9.59 Å². The third-order valence-electron chi connectivity index (χ3n) is 5.37. The quantitative estimate of drug-likeness (QED) is 0.413. The Hall–Kier alpha value is -2.24. The molecule has 0 saturated heterocycles.